The van der Waals surface area contributed by atoms with Crippen LogP contribution in [0.2, 0.25) is 0 Å². The molecular formula is C12H25N3O2. The van der Waals surface area contributed by atoms with Crippen molar-refractivity contribution in [2.24, 2.45) is 16.8 Å². The first-order chi connectivity index (χ1) is 7.98. The fourth-order valence-corrected chi connectivity index (χ4v) is 2.11. The van der Waals surface area contributed by atoms with Gasteiger partial charge in [-0.25, -0.2) is 0 Å². The highest BCUT2D eigenvalue weighted by molar-refractivity contribution is 5.82. The molecule has 1 rings (SSSR count). The molecular weight excluding hydrogens is 218 g/mol. The van der Waals surface area contributed by atoms with Gasteiger partial charge in [0.05, 0.1) is 5.60 Å². The van der Waals surface area contributed by atoms with Crippen LogP contribution < -0.4 is 5.73 Å². The standard InChI is InChI=1S/C12H25N3O2/c1-12(2,17-3)6-8-15-7-4-5-10(9-15)11(13)14-16/h10,16H,4-9H2,1-3H3,(H2,13,14). The van der Waals surface area contributed by atoms with Crippen molar-refractivity contribution in [1.29, 1.82) is 0 Å². The Morgan fingerprint density at radius 3 is 2.88 bits per heavy atom. The second-order valence-electron chi connectivity index (χ2n) is 5.38. The molecule has 0 aromatic carbocycles. The molecule has 0 saturated carbocycles. The Hall–Kier alpha value is -0.810. The lowest BCUT2D eigenvalue weighted by molar-refractivity contribution is 0.00522. The van der Waals surface area contributed by atoms with Crippen molar-refractivity contribution in [3.63, 3.8) is 0 Å². The minimum Gasteiger partial charge on any atom is -0.409 e. The van der Waals surface area contributed by atoms with Gasteiger partial charge in [0.2, 0.25) is 0 Å². The first-order valence-corrected chi connectivity index (χ1v) is 6.23. The third kappa shape index (κ3) is 4.52. The van der Waals surface area contributed by atoms with Crippen molar-refractivity contribution >= 4 is 5.84 Å². The Morgan fingerprint density at radius 1 is 1.59 bits per heavy atom. The van der Waals surface area contributed by atoms with Gasteiger partial charge in [0, 0.05) is 26.1 Å². The molecule has 0 radical (unpaired) electrons. The maximum Gasteiger partial charge on any atom is 0.143 e. The number of piperidine rings is 1. The molecule has 3 N–H and O–H groups in total. The quantitative estimate of drug-likeness (QED) is 0.330. The van der Waals surface area contributed by atoms with Gasteiger partial charge < -0.3 is 20.6 Å². The van der Waals surface area contributed by atoms with Crippen LogP contribution in [0.1, 0.15) is 33.1 Å². The van der Waals surface area contributed by atoms with Gasteiger partial charge in [-0.3, -0.25) is 0 Å². The zero-order valence-corrected chi connectivity index (χ0v) is 11.1. The van der Waals surface area contributed by atoms with E-state index in [1.807, 2.05) is 0 Å². The minimum atomic E-state index is -0.0798. The summed E-state index contributed by atoms with van der Waals surface area (Å²) in [6.07, 6.45) is 3.11. The van der Waals surface area contributed by atoms with Crippen LogP contribution in [0.15, 0.2) is 5.16 Å². The van der Waals surface area contributed by atoms with Crippen LogP contribution in [0.4, 0.5) is 0 Å². The molecule has 0 amide bonds. The van der Waals surface area contributed by atoms with Crippen molar-refractivity contribution in [3.05, 3.63) is 0 Å². The van der Waals surface area contributed by atoms with Gasteiger partial charge in [0.15, 0.2) is 0 Å². The lowest BCUT2D eigenvalue weighted by atomic mass is 9.96. The van der Waals surface area contributed by atoms with E-state index in [9.17, 15) is 0 Å². The number of hydrogen-bond acceptors (Lipinski definition) is 4. The highest BCUT2D eigenvalue weighted by atomic mass is 16.5. The summed E-state index contributed by atoms with van der Waals surface area (Å²) >= 11 is 0. The Morgan fingerprint density at radius 2 is 2.29 bits per heavy atom. The maximum absolute atomic E-state index is 8.69. The largest absolute Gasteiger partial charge is 0.409 e. The Bertz CT molecular complexity index is 266. The zero-order valence-electron chi connectivity index (χ0n) is 11.1. The summed E-state index contributed by atoms with van der Waals surface area (Å²) < 4.78 is 5.41. The lowest BCUT2D eigenvalue weighted by Gasteiger charge is -2.34. The molecule has 1 aliphatic heterocycles. The summed E-state index contributed by atoms with van der Waals surface area (Å²) in [5, 5.41) is 11.8. The molecule has 5 nitrogen and oxygen atoms in total. The molecule has 5 heteroatoms. The molecule has 1 unspecified atom stereocenters. The molecule has 0 aromatic rings. The summed E-state index contributed by atoms with van der Waals surface area (Å²) in [6, 6.07) is 0. The number of rotatable bonds is 5. The molecule has 1 heterocycles. The van der Waals surface area contributed by atoms with Crippen LogP contribution in [0, 0.1) is 5.92 Å². The van der Waals surface area contributed by atoms with E-state index in [0.29, 0.717) is 5.84 Å². The van der Waals surface area contributed by atoms with E-state index in [-0.39, 0.29) is 11.5 Å². The fraction of sp³-hybridized carbons (Fsp3) is 0.917. The lowest BCUT2D eigenvalue weighted by Crippen LogP contribution is -2.43. The van der Waals surface area contributed by atoms with Crippen LogP contribution in [0.3, 0.4) is 0 Å². The molecule has 0 aromatic heterocycles. The number of amidine groups is 1. The third-order valence-electron chi connectivity index (χ3n) is 3.62. The Balaban J connectivity index is 2.40. The molecule has 1 fully saturated rings. The molecule has 0 aliphatic carbocycles. The number of methoxy groups -OCH3 is 1. The highest BCUT2D eigenvalue weighted by Gasteiger charge is 2.25. The van der Waals surface area contributed by atoms with E-state index in [4.69, 9.17) is 15.7 Å². The van der Waals surface area contributed by atoms with Crippen molar-refractivity contribution in [2.75, 3.05) is 26.7 Å². The van der Waals surface area contributed by atoms with Gasteiger partial charge in [0.1, 0.15) is 5.84 Å². The van der Waals surface area contributed by atoms with Crippen LogP contribution in [0.5, 0.6) is 0 Å². The van der Waals surface area contributed by atoms with E-state index in [1.165, 1.54) is 0 Å². The zero-order chi connectivity index (χ0) is 12.9. The summed E-state index contributed by atoms with van der Waals surface area (Å²) in [5.41, 5.74) is 5.59. The van der Waals surface area contributed by atoms with Crippen molar-refractivity contribution < 1.29 is 9.94 Å². The fourth-order valence-electron chi connectivity index (χ4n) is 2.11. The van der Waals surface area contributed by atoms with E-state index >= 15 is 0 Å². The van der Waals surface area contributed by atoms with Crippen LogP contribution in [-0.4, -0.2) is 48.3 Å². The molecule has 1 saturated heterocycles. The summed E-state index contributed by atoms with van der Waals surface area (Å²) in [6.45, 7) is 7.16. The van der Waals surface area contributed by atoms with E-state index in [0.717, 1.165) is 38.9 Å². The van der Waals surface area contributed by atoms with Crippen LogP contribution in [-0.2, 0) is 4.74 Å². The first-order valence-electron chi connectivity index (χ1n) is 6.23. The van der Waals surface area contributed by atoms with Gasteiger partial charge in [0.25, 0.3) is 0 Å². The van der Waals surface area contributed by atoms with Gasteiger partial charge in [-0.1, -0.05) is 5.16 Å². The number of nitrogens with two attached hydrogens (primary N) is 1. The average Bonchev–Trinajstić information content (AvgIpc) is 2.36. The molecule has 0 spiro atoms. The van der Waals surface area contributed by atoms with Gasteiger partial charge in [-0.05, 0) is 39.7 Å². The Kier molecular flexibility index (Phi) is 5.21. The number of oxime groups is 1. The van der Waals surface area contributed by atoms with E-state index in [2.05, 4.69) is 23.9 Å². The van der Waals surface area contributed by atoms with Gasteiger partial charge in [-0.15, -0.1) is 0 Å². The van der Waals surface area contributed by atoms with E-state index < -0.39 is 0 Å². The first kappa shape index (κ1) is 14.3. The van der Waals surface area contributed by atoms with Crippen LogP contribution >= 0.6 is 0 Å². The predicted octanol–water partition coefficient (Wildman–Crippen LogP) is 1.26. The predicted molar refractivity (Wildman–Crippen MR) is 68.3 cm³/mol. The SMILES string of the molecule is COC(C)(C)CCN1CCCC(C(N)=NO)C1. The number of hydrogen-bond donors (Lipinski definition) is 2. The monoisotopic (exact) mass is 243 g/mol. The smallest absolute Gasteiger partial charge is 0.143 e. The van der Waals surface area contributed by atoms with Crippen LogP contribution in [0.25, 0.3) is 0 Å². The molecule has 1 aliphatic rings. The van der Waals surface area contributed by atoms with Gasteiger partial charge >= 0.3 is 0 Å². The summed E-state index contributed by atoms with van der Waals surface area (Å²) in [4.78, 5) is 2.37. The number of nitrogens with zero attached hydrogens (tertiary/aromatic N) is 2. The second-order valence-corrected chi connectivity index (χ2v) is 5.38. The van der Waals surface area contributed by atoms with E-state index in [1.54, 1.807) is 7.11 Å². The average molecular weight is 243 g/mol. The second kappa shape index (κ2) is 6.21. The highest BCUT2D eigenvalue weighted by Crippen LogP contribution is 2.19. The molecule has 17 heavy (non-hydrogen) atoms. The number of likely N-dealkylation sites (tertiary alicyclic amines) is 1. The minimum absolute atomic E-state index is 0.0798. The van der Waals surface area contributed by atoms with Crippen molar-refractivity contribution in [3.8, 4) is 0 Å². The topological polar surface area (TPSA) is 71.1 Å². The Labute approximate surface area is 104 Å². The molecule has 100 valence electrons. The van der Waals surface area contributed by atoms with Gasteiger partial charge in [-0.2, -0.15) is 0 Å². The number of ether oxygens (including phenoxy) is 1. The summed E-state index contributed by atoms with van der Waals surface area (Å²) in [7, 11) is 1.75. The molecule has 1 atom stereocenters. The molecule has 0 bridgehead atoms. The van der Waals surface area contributed by atoms with Crippen molar-refractivity contribution in [1.82, 2.24) is 4.90 Å². The summed E-state index contributed by atoms with van der Waals surface area (Å²) in [5.74, 6) is 0.556. The maximum atomic E-state index is 8.69. The third-order valence-corrected chi connectivity index (χ3v) is 3.62. The van der Waals surface area contributed by atoms with Crippen molar-refractivity contribution in [2.45, 2.75) is 38.7 Å². The normalized spacial score (nSPS) is 23.9.